The number of benzene rings is 1. The van der Waals surface area contributed by atoms with Crippen LogP contribution in [-0.2, 0) is 16.1 Å². The average molecular weight is 247 g/mol. The van der Waals surface area contributed by atoms with Gasteiger partial charge in [0.05, 0.1) is 13.2 Å². The molecule has 0 aromatic heterocycles. The molecule has 4 heteroatoms. The summed E-state index contributed by atoms with van der Waals surface area (Å²) in [6.07, 6.45) is -0.201. The van der Waals surface area contributed by atoms with Crippen molar-refractivity contribution in [2.24, 2.45) is 11.8 Å². The Hall–Kier alpha value is -1.55. The van der Waals surface area contributed by atoms with E-state index in [2.05, 4.69) is 0 Å². The Kier molecular flexibility index (Phi) is 3.19. The zero-order valence-corrected chi connectivity index (χ0v) is 10.2. The third-order valence-corrected chi connectivity index (χ3v) is 3.70. The van der Waals surface area contributed by atoms with Crippen molar-refractivity contribution in [1.82, 2.24) is 4.90 Å². The number of hydrogen-bond donors (Lipinski definition) is 0. The number of fused-ring (bicyclic) bond motifs is 1. The van der Waals surface area contributed by atoms with Gasteiger partial charge in [-0.25, -0.2) is 4.79 Å². The maximum atomic E-state index is 11.9. The number of likely N-dealkylation sites (tertiary alicyclic amines) is 1. The van der Waals surface area contributed by atoms with Crippen LogP contribution in [0.5, 0.6) is 0 Å². The second kappa shape index (κ2) is 4.98. The number of ether oxygens (including phenoxy) is 2. The van der Waals surface area contributed by atoms with Gasteiger partial charge in [0, 0.05) is 24.9 Å². The fourth-order valence-corrected chi connectivity index (χ4v) is 2.65. The number of carbonyl (C=O) groups is 1. The second-order valence-corrected chi connectivity index (χ2v) is 5.00. The number of nitrogens with zero attached hydrogens (tertiary/aromatic N) is 1. The number of carbonyl (C=O) groups excluding carboxylic acids is 1. The molecule has 1 aromatic carbocycles. The summed E-state index contributed by atoms with van der Waals surface area (Å²) in [7, 11) is 0. The first-order chi connectivity index (χ1) is 8.83. The van der Waals surface area contributed by atoms with Gasteiger partial charge in [0.15, 0.2) is 0 Å². The van der Waals surface area contributed by atoms with Crippen molar-refractivity contribution >= 4 is 6.09 Å². The Balaban J connectivity index is 1.50. The maximum absolute atomic E-state index is 11.9. The molecule has 0 N–H and O–H groups in total. The SMILES string of the molecule is O=C(OCc1ccccc1)N1C[C@H]2COC[C@@H]2C1. The van der Waals surface area contributed by atoms with E-state index in [9.17, 15) is 4.79 Å². The van der Waals surface area contributed by atoms with Gasteiger partial charge < -0.3 is 14.4 Å². The Labute approximate surface area is 106 Å². The minimum Gasteiger partial charge on any atom is -0.445 e. The van der Waals surface area contributed by atoms with Gasteiger partial charge in [0.1, 0.15) is 6.61 Å². The molecule has 2 aliphatic rings. The summed E-state index contributed by atoms with van der Waals surface area (Å²) >= 11 is 0. The molecule has 0 unspecified atom stereocenters. The molecule has 2 aliphatic heterocycles. The topological polar surface area (TPSA) is 38.8 Å². The molecule has 3 rings (SSSR count). The van der Waals surface area contributed by atoms with E-state index < -0.39 is 0 Å². The van der Waals surface area contributed by atoms with Crippen LogP contribution < -0.4 is 0 Å². The summed E-state index contributed by atoms with van der Waals surface area (Å²) in [5, 5.41) is 0. The zero-order valence-electron chi connectivity index (χ0n) is 10.2. The normalized spacial score (nSPS) is 26.1. The van der Waals surface area contributed by atoms with Gasteiger partial charge in [-0.15, -0.1) is 0 Å². The van der Waals surface area contributed by atoms with Crippen molar-refractivity contribution in [3.05, 3.63) is 35.9 Å². The Bertz CT molecular complexity index is 408. The maximum Gasteiger partial charge on any atom is 0.410 e. The van der Waals surface area contributed by atoms with E-state index in [-0.39, 0.29) is 6.09 Å². The Morgan fingerprint density at radius 3 is 2.56 bits per heavy atom. The van der Waals surface area contributed by atoms with Crippen LogP contribution in [0.15, 0.2) is 30.3 Å². The number of amides is 1. The highest BCUT2D eigenvalue weighted by Crippen LogP contribution is 2.29. The van der Waals surface area contributed by atoms with E-state index >= 15 is 0 Å². The molecule has 2 atom stereocenters. The lowest BCUT2D eigenvalue weighted by Crippen LogP contribution is -2.30. The third-order valence-electron chi connectivity index (χ3n) is 3.70. The van der Waals surface area contributed by atoms with Gasteiger partial charge in [0.2, 0.25) is 0 Å². The molecular weight excluding hydrogens is 230 g/mol. The van der Waals surface area contributed by atoms with Crippen LogP contribution in [-0.4, -0.2) is 37.3 Å². The van der Waals surface area contributed by atoms with Crippen molar-refractivity contribution in [3.8, 4) is 0 Å². The van der Waals surface area contributed by atoms with Crippen LogP contribution in [0.2, 0.25) is 0 Å². The predicted octanol–water partition coefficient (Wildman–Crippen LogP) is 1.90. The molecule has 0 spiro atoms. The Morgan fingerprint density at radius 1 is 1.22 bits per heavy atom. The summed E-state index contributed by atoms with van der Waals surface area (Å²) in [6.45, 7) is 3.47. The number of hydrogen-bond acceptors (Lipinski definition) is 3. The minimum atomic E-state index is -0.201. The molecule has 0 bridgehead atoms. The highest BCUT2D eigenvalue weighted by molar-refractivity contribution is 5.68. The summed E-state index contributed by atoms with van der Waals surface area (Å²) in [4.78, 5) is 13.7. The lowest BCUT2D eigenvalue weighted by atomic mass is 10.0. The summed E-state index contributed by atoms with van der Waals surface area (Å²) in [6, 6.07) is 9.76. The Morgan fingerprint density at radius 2 is 1.89 bits per heavy atom. The fraction of sp³-hybridized carbons (Fsp3) is 0.500. The highest BCUT2D eigenvalue weighted by atomic mass is 16.6. The summed E-state index contributed by atoms with van der Waals surface area (Å²) < 4.78 is 10.7. The van der Waals surface area contributed by atoms with Crippen LogP contribution in [0.25, 0.3) is 0 Å². The lowest BCUT2D eigenvalue weighted by molar-refractivity contribution is 0.0935. The molecule has 4 nitrogen and oxygen atoms in total. The molecular formula is C14H17NO3. The van der Waals surface area contributed by atoms with E-state index in [0.29, 0.717) is 18.4 Å². The van der Waals surface area contributed by atoms with E-state index in [1.54, 1.807) is 4.90 Å². The van der Waals surface area contributed by atoms with Crippen molar-refractivity contribution in [1.29, 1.82) is 0 Å². The summed E-state index contributed by atoms with van der Waals surface area (Å²) in [5.74, 6) is 1.02. The molecule has 2 fully saturated rings. The van der Waals surface area contributed by atoms with Crippen LogP contribution in [0, 0.1) is 11.8 Å². The van der Waals surface area contributed by atoms with Crippen LogP contribution >= 0.6 is 0 Å². The smallest absolute Gasteiger partial charge is 0.410 e. The minimum absolute atomic E-state index is 0.201. The van der Waals surface area contributed by atoms with Gasteiger partial charge in [-0.1, -0.05) is 30.3 Å². The molecule has 0 radical (unpaired) electrons. The predicted molar refractivity (Wildman–Crippen MR) is 66.0 cm³/mol. The van der Waals surface area contributed by atoms with Gasteiger partial charge in [-0.05, 0) is 5.56 Å². The van der Waals surface area contributed by atoms with Crippen molar-refractivity contribution in [2.45, 2.75) is 6.61 Å². The van der Waals surface area contributed by atoms with Crippen LogP contribution in [0.3, 0.4) is 0 Å². The zero-order chi connectivity index (χ0) is 12.4. The van der Waals surface area contributed by atoms with E-state index in [1.165, 1.54) is 0 Å². The monoisotopic (exact) mass is 247 g/mol. The van der Waals surface area contributed by atoms with Gasteiger partial charge in [0.25, 0.3) is 0 Å². The lowest BCUT2D eigenvalue weighted by Gasteiger charge is -2.17. The molecule has 1 amide bonds. The van der Waals surface area contributed by atoms with E-state index in [1.807, 2.05) is 30.3 Å². The molecule has 0 aliphatic carbocycles. The highest BCUT2D eigenvalue weighted by Gasteiger charge is 2.39. The molecule has 18 heavy (non-hydrogen) atoms. The van der Waals surface area contributed by atoms with Gasteiger partial charge in [-0.2, -0.15) is 0 Å². The average Bonchev–Trinajstić information content (AvgIpc) is 2.98. The molecule has 1 aromatic rings. The molecule has 2 saturated heterocycles. The van der Waals surface area contributed by atoms with E-state index in [4.69, 9.17) is 9.47 Å². The molecule has 0 saturated carbocycles. The van der Waals surface area contributed by atoms with Gasteiger partial charge in [-0.3, -0.25) is 0 Å². The van der Waals surface area contributed by atoms with Crippen LogP contribution in [0.1, 0.15) is 5.56 Å². The summed E-state index contributed by atoms with van der Waals surface area (Å²) in [5.41, 5.74) is 1.02. The fourth-order valence-electron chi connectivity index (χ4n) is 2.65. The molecule has 2 heterocycles. The standard InChI is InChI=1S/C14H17NO3/c16-14(18-8-11-4-2-1-3-5-11)15-6-12-9-17-10-13(12)7-15/h1-5,12-13H,6-10H2/t12-,13-/m0/s1. The molecule has 96 valence electrons. The quantitative estimate of drug-likeness (QED) is 0.801. The largest absolute Gasteiger partial charge is 0.445 e. The number of rotatable bonds is 2. The third kappa shape index (κ3) is 2.34. The first-order valence-electron chi connectivity index (χ1n) is 6.36. The second-order valence-electron chi connectivity index (χ2n) is 5.00. The van der Waals surface area contributed by atoms with Crippen molar-refractivity contribution in [3.63, 3.8) is 0 Å². The van der Waals surface area contributed by atoms with Gasteiger partial charge >= 0.3 is 6.09 Å². The van der Waals surface area contributed by atoms with Crippen molar-refractivity contribution < 1.29 is 14.3 Å². The first kappa shape index (κ1) is 11.5. The first-order valence-corrected chi connectivity index (χ1v) is 6.36. The van der Waals surface area contributed by atoms with Crippen LogP contribution in [0.4, 0.5) is 4.79 Å². The van der Waals surface area contributed by atoms with E-state index in [0.717, 1.165) is 31.9 Å². The van der Waals surface area contributed by atoms with Crippen molar-refractivity contribution in [2.75, 3.05) is 26.3 Å².